The minimum atomic E-state index is -0.475. The van der Waals surface area contributed by atoms with Crippen molar-refractivity contribution in [1.82, 2.24) is 20.4 Å². The van der Waals surface area contributed by atoms with Gasteiger partial charge in [-0.15, -0.1) is 24.0 Å². The second kappa shape index (κ2) is 8.72. The number of rotatable bonds is 3. The van der Waals surface area contributed by atoms with Crippen molar-refractivity contribution in [3.05, 3.63) is 0 Å². The van der Waals surface area contributed by atoms with E-state index in [9.17, 15) is 9.59 Å². The zero-order valence-electron chi connectivity index (χ0n) is 14.8. The number of ether oxygens (including phenoxy) is 1. The van der Waals surface area contributed by atoms with Gasteiger partial charge in [0.25, 0.3) is 0 Å². The van der Waals surface area contributed by atoms with Crippen LogP contribution >= 0.6 is 24.0 Å². The molecule has 0 aromatic carbocycles. The van der Waals surface area contributed by atoms with Crippen LogP contribution in [-0.4, -0.2) is 78.7 Å². The molecule has 9 heteroatoms. The molecule has 1 fully saturated rings. The topological polar surface area (TPSA) is 86.3 Å². The Morgan fingerprint density at radius 2 is 2.00 bits per heavy atom. The SMILES string of the molecule is CC(=O)NCCNC1=NCC2CN(C(=O)OC(C)(C)C)CCN12.I. The van der Waals surface area contributed by atoms with Crippen molar-refractivity contribution in [1.29, 1.82) is 0 Å². The number of hydrogen-bond donors (Lipinski definition) is 2. The van der Waals surface area contributed by atoms with Crippen LogP contribution < -0.4 is 10.6 Å². The Hall–Kier alpha value is -1.26. The molecular formula is C15H28IN5O3. The molecule has 0 aromatic rings. The van der Waals surface area contributed by atoms with E-state index in [0.717, 1.165) is 12.5 Å². The lowest BCUT2D eigenvalue weighted by molar-refractivity contribution is -0.118. The van der Waals surface area contributed by atoms with Crippen LogP contribution in [0.5, 0.6) is 0 Å². The van der Waals surface area contributed by atoms with Crippen molar-refractivity contribution in [2.45, 2.75) is 39.3 Å². The molecule has 0 bridgehead atoms. The van der Waals surface area contributed by atoms with Gasteiger partial charge < -0.3 is 25.2 Å². The van der Waals surface area contributed by atoms with Crippen LogP contribution in [0.1, 0.15) is 27.7 Å². The predicted octanol–water partition coefficient (Wildman–Crippen LogP) is 0.621. The summed E-state index contributed by atoms with van der Waals surface area (Å²) in [5.74, 6) is 0.813. The first kappa shape index (κ1) is 20.8. The number of nitrogens with zero attached hydrogens (tertiary/aromatic N) is 3. The number of carbonyl (C=O) groups excluding carboxylic acids is 2. The molecule has 1 atom stereocenters. The quantitative estimate of drug-likeness (QED) is 0.484. The van der Waals surface area contributed by atoms with Crippen molar-refractivity contribution in [2.24, 2.45) is 4.99 Å². The van der Waals surface area contributed by atoms with Gasteiger partial charge in [-0.3, -0.25) is 9.79 Å². The predicted molar refractivity (Wildman–Crippen MR) is 103 cm³/mol. The van der Waals surface area contributed by atoms with E-state index in [0.29, 0.717) is 32.7 Å². The molecular weight excluding hydrogens is 425 g/mol. The Kier molecular flexibility index (Phi) is 7.56. The maximum absolute atomic E-state index is 12.2. The molecule has 2 heterocycles. The van der Waals surface area contributed by atoms with E-state index in [-0.39, 0.29) is 42.0 Å². The van der Waals surface area contributed by atoms with Crippen molar-refractivity contribution in [3.63, 3.8) is 0 Å². The summed E-state index contributed by atoms with van der Waals surface area (Å²) in [6.45, 7) is 11.0. The van der Waals surface area contributed by atoms with Crippen LogP contribution in [0.25, 0.3) is 0 Å². The first-order valence-corrected chi connectivity index (χ1v) is 8.03. The zero-order valence-corrected chi connectivity index (χ0v) is 17.1. The smallest absolute Gasteiger partial charge is 0.410 e. The van der Waals surface area contributed by atoms with Gasteiger partial charge in [-0.25, -0.2) is 4.79 Å². The molecule has 1 saturated heterocycles. The van der Waals surface area contributed by atoms with Crippen LogP contribution in [0.15, 0.2) is 4.99 Å². The van der Waals surface area contributed by atoms with E-state index in [1.807, 2.05) is 20.8 Å². The summed E-state index contributed by atoms with van der Waals surface area (Å²) in [6, 6.07) is 0.194. The first-order chi connectivity index (χ1) is 10.8. The second-order valence-corrected chi connectivity index (χ2v) is 6.85. The van der Waals surface area contributed by atoms with Crippen LogP contribution in [0.2, 0.25) is 0 Å². The largest absolute Gasteiger partial charge is 0.444 e. The summed E-state index contributed by atoms with van der Waals surface area (Å²) in [5.41, 5.74) is -0.475. The molecule has 0 radical (unpaired) electrons. The summed E-state index contributed by atoms with van der Waals surface area (Å²) in [6.07, 6.45) is -0.260. The molecule has 0 aromatic heterocycles. The average molecular weight is 453 g/mol. The van der Waals surface area contributed by atoms with E-state index in [4.69, 9.17) is 4.74 Å². The highest BCUT2D eigenvalue weighted by molar-refractivity contribution is 14.0. The molecule has 8 nitrogen and oxygen atoms in total. The Morgan fingerprint density at radius 3 is 2.62 bits per heavy atom. The number of halogens is 1. The highest BCUT2D eigenvalue weighted by atomic mass is 127. The Morgan fingerprint density at radius 1 is 1.29 bits per heavy atom. The number of nitrogens with one attached hydrogen (secondary N) is 2. The Balaban J connectivity index is 0.00000288. The fourth-order valence-corrected chi connectivity index (χ4v) is 2.64. The summed E-state index contributed by atoms with van der Waals surface area (Å²) >= 11 is 0. The van der Waals surface area contributed by atoms with E-state index in [2.05, 4.69) is 20.5 Å². The number of aliphatic imine (C=N–C) groups is 1. The summed E-state index contributed by atoms with van der Waals surface area (Å²) in [4.78, 5) is 31.4. The van der Waals surface area contributed by atoms with Gasteiger partial charge >= 0.3 is 6.09 Å². The Bertz CT molecular complexity index is 492. The van der Waals surface area contributed by atoms with Crippen molar-refractivity contribution < 1.29 is 14.3 Å². The monoisotopic (exact) mass is 453 g/mol. The highest BCUT2D eigenvalue weighted by Gasteiger charge is 2.36. The normalized spacial score (nSPS) is 19.8. The lowest BCUT2D eigenvalue weighted by Crippen LogP contribution is -2.57. The summed E-state index contributed by atoms with van der Waals surface area (Å²) in [5, 5.41) is 5.99. The third-order valence-corrected chi connectivity index (χ3v) is 3.64. The molecule has 2 rings (SSSR count). The molecule has 0 aliphatic carbocycles. The number of fused-ring (bicyclic) bond motifs is 1. The van der Waals surface area contributed by atoms with Gasteiger partial charge in [-0.1, -0.05) is 0 Å². The molecule has 2 aliphatic rings. The molecule has 0 saturated carbocycles. The van der Waals surface area contributed by atoms with Crippen LogP contribution in [0.4, 0.5) is 4.79 Å². The van der Waals surface area contributed by atoms with Crippen LogP contribution in [0, 0.1) is 0 Å². The van der Waals surface area contributed by atoms with Crippen molar-refractivity contribution >= 4 is 41.9 Å². The van der Waals surface area contributed by atoms with Crippen molar-refractivity contribution in [2.75, 3.05) is 39.3 Å². The summed E-state index contributed by atoms with van der Waals surface area (Å²) < 4.78 is 5.43. The van der Waals surface area contributed by atoms with Gasteiger partial charge in [0, 0.05) is 39.6 Å². The highest BCUT2D eigenvalue weighted by Crippen LogP contribution is 2.18. The van der Waals surface area contributed by atoms with Crippen molar-refractivity contribution in [3.8, 4) is 0 Å². The molecule has 2 N–H and O–H groups in total. The molecule has 2 aliphatic heterocycles. The molecule has 2 amide bonds. The second-order valence-electron chi connectivity index (χ2n) is 6.85. The zero-order chi connectivity index (χ0) is 17.0. The van der Waals surface area contributed by atoms with Crippen LogP contribution in [-0.2, 0) is 9.53 Å². The lowest BCUT2D eigenvalue weighted by atomic mass is 10.2. The van der Waals surface area contributed by atoms with E-state index >= 15 is 0 Å². The standard InChI is InChI=1S/C15H27N5O3.HI/c1-11(21)16-5-6-17-13-18-9-12-10-19(7-8-20(12)13)14(22)23-15(2,3)4;/h12H,5-10H2,1-4H3,(H,16,21)(H,17,18);1H. The number of piperazine rings is 1. The molecule has 24 heavy (non-hydrogen) atoms. The first-order valence-electron chi connectivity index (χ1n) is 8.03. The molecule has 1 unspecified atom stereocenters. The maximum Gasteiger partial charge on any atom is 0.410 e. The lowest BCUT2D eigenvalue weighted by Gasteiger charge is -2.39. The van der Waals surface area contributed by atoms with Gasteiger partial charge in [0.05, 0.1) is 12.6 Å². The average Bonchev–Trinajstić information content (AvgIpc) is 2.84. The molecule has 0 spiro atoms. The van der Waals surface area contributed by atoms with Gasteiger partial charge in [0.15, 0.2) is 5.96 Å². The van der Waals surface area contributed by atoms with E-state index in [1.54, 1.807) is 4.90 Å². The number of hydrogen-bond acceptors (Lipinski definition) is 6. The fraction of sp³-hybridized carbons (Fsp3) is 0.800. The third-order valence-electron chi connectivity index (χ3n) is 3.64. The van der Waals surface area contributed by atoms with E-state index < -0.39 is 5.60 Å². The minimum absolute atomic E-state index is 0. The van der Waals surface area contributed by atoms with E-state index in [1.165, 1.54) is 6.92 Å². The maximum atomic E-state index is 12.2. The molecule has 138 valence electrons. The Labute approximate surface area is 160 Å². The third kappa shape index (κ3) is 5.99. The van der Waals surface area contributed by atoms with Gasteiger partial charge in [-0.05, 0) is 20.8 Å². The van der Waals surface area contributed by atoms with Gasteiger partial charge in [-0.2, -0.15) is 0 Å². The van der Waals surface area contributed by atoms with Crippen LogP contribution in [0.3, 0.4) is 0 Å². The summed E-state index contributed by atoms with van der Waals surface area (Å²) in [7, 11) is 0. The minimum Gasteiger partial charge on any atom is -0.444 e. The number of guanidine groups is 1. The fourth-order valence-electron chi connectivity index (χ4n) is 2.64. The number of amides is 2. The van der Waals surface area contributed by atoms with Gasteiger partial charge in [0.2, 0.25) is 5.91 Å². The van der Waals surface area contributed by atoms with Gasteiger partial charge in [0.1, 0.15) is 5.60 Å². The number of carbonyl (C=O) groups is 2.